The van der Waals surface area contributed by atoms with E-state index in [0.29, 0.717) is 12.2 Å². The molecular formula is C17H19NO3. The predicted octanol–water partition coefficient (Wildman–Crippen LogP) is 2.97. The van der Waals surface area contributed by atoms with E-state index >= 15 is 0 Å². The molecule has 4 nitrogen and oxygen atoms in total. The van der Waals surface area contributed by atoms with E-state index < -0.39 is 12.0 Å². The fourth-order valence-electron chi connectivity index (χ4n) is 2.37. The van der Waals surface area contributed by atoms with Crippen molar-refractivity contribution in [3.05, 3.63) is 64.7 Å². The zero-order valence-corrected chi connectivity index (χ0v) is 12.2. The number of nitrogens with two attached hydrogens (primary N) is 1. The summed E-state index contributed by atoms with van der Waals surface area (Å²) in [7, 11) is 0. The summed E-state index contributed by atoms with van der Waals surface area (Å²) in [6.07, 6.45) is 0. The van der Waals surface area contributed by atoms with Crippen LogP contribution in [0.25, 0.3) is 0 Å². The SMILES string of the molecule is Cc1cc(OCc2ccccc2)cc(C)c1[C@H](N)C(=O)O. The van der Waals surface area contributed by atoms with Crippen LogP contribution in [0.5, 0.6) is 5.75 Å². The average Bonchev–Trinajstić information content (AvgIpc) is 2.45. The molecule has 0 fully saturated rings. The molecule has 0 aliphatic rings. The molecule has 2 aromatic carbocycles. The predicted molar refractivity (Wildman–Crippen MR) is 81.3 cm³/mol. The second-order valence-electron chi connectivity index (χ2n) is 5.06. The molecule has 0 bridgehead atoms. The van der Waals surface area contributed by atoms with Gasteiger partial charge in [0.25, 0.3) is 0 Å². The lowest BCUT2D eigenvalue weighted by Gasteiger charge is -2.16. The Morgan fingerprint density at radius 1 is 1.19 bits per heavy atom. The third-order valence-corrected chi connectivity index (χ3v) is 3.39. The van der Waals surface area contributed by atoms with Crippen molar-refractivity contribution < 1.29 is 14.6 Å². The molecule has 0 saturated carbocycles. The first-order valence-corrected chi connectivity index (χ1v) is 6.75. The van der Waals surface area contributed by atoms with Gasteiger partial charge < -0.3 is 15.6 Å². The molecule has 2 aromatic rings. The van der Waals surface area contributed by atoms with Crippen molar-refractivity contribution in [2.24, 2.45) is 5.73 Å². The number of carboxylic acid groups (broad SMARTS) is 1. The zero-order valence-electron chi connectivity index (χ0n) is 12.2. The van der Waals surface area contributed by atoms with Crippen LogP contribution in [0.1, 0.15) is 28.3 Å². The summed E-state index contributed by atoms with van der Waals surface area (Å²) in [6, 6.07) is 12.5. The van der Waals surface area contributed by atoms with Crippen LogP contribution in [0, 0.1) is 13.8 Å². The standard InChI is InChI=1S/C17H19NO3/c1-11-8-14(21-10-13-6-4-3-5-7-13)9-12(2)15(11)16(18)17(19)20/h3-9,16H,10,18H2,1-2H3,(H,19,20)/t16-/m0/s1. The van der Waals surface area contributed by atoms with Crippen molar-refractivity contribution in [2.75, 3.05) is 0 Å². The Morgan fingerprint density at radius 2 is 1.76 bits per heavy atom. The molecule has 0 aliphatic heterocycles. The first-order chi connectivity index (χ1) is 9.99. The van der Waals surface area contributed by atoms with E-state index in [4.69, 9.17) is 15.6 Å². The maximum Gasteiger partial charge on any atom is 0.325 e. The Labute approximate surface area is 124 Å². The quantitative estimate of drug-likeness (QED) is 0.886. The minimum Gasteiger partial charge on any atom is -0.489 e. The maximum atomic E-state index is 11.0. The smallest absolute Gasteiger partial charge is 0.325 e. The van der Waals surface area contributed by atoms with E-state index in [0.717, 1.165) is 22.4 Å². The van der Waals surface area contributed by atoms with E-state index in [1.165, 1.54) is 0 Å². The van der Waals surface area contributed by atoms with Crippen molar-refractivity contribution in [1.29, 1.82) is 0 Å². The highest BCUT2D eigenvalue weighted by Crippen LogP contribution is 2.26. The minimum absolute atomic E-state index is 0.476. The van der Waals surface area contributed by atoms with Gasteiger partial charge in [-0.15, -0.1) is 0 Å². The lowest BCUT2D eigenvalue weighted by Crippen LogP contribution is -2.22. The number of hydrogen-bond acceptors (Lipinski definition) is 3. The molecule has 0 heterocycles. The zero-order chi connectivity index (χ0) is 15.4. The van der Waals surface area contributed by atoms with Crippen LogP contribution in [-0.2, 0) is 11.4 Å². The Kier molecular flexibility index (Phi) is 4.60. The van der Waals surface area contributed by atoms with E-state index in [1.54, 1.807) is 0 Å². The fraction of sp³-hybridized carbons (Fsp3) is 0.235. The summed E-state index contributed by atoms with van der Waals surface area (Å²) in [5.74, 6) is -0.311. The van der Waals surface area contributed by atoms with E-state index in [-0.39, 0.29) is 0 Å². The number of rotatable bonds is 5. The lowest BCUT2D eigenvalue weighted by molar-refractivity contribution is -0.138. The third-order valence-electron chi connectivity index (χ3n) is 3.39. The molecule has 0 radical (unpaired) electrons. The number of aryl methyl sites for hydroxylation is 2. The second-order valence-corrected chi connectivity index (χ2v) is 5.06. The van der Waals surface area contributed by atoms with Gasteiger partial charge in [-0.1, -0.05) is 30.3 Å². The van der Waals surface area contributed by atoms with Gasteiger partial charge in [0, 0.05) is 0 Å². The molecule has 0 aliphatic carbocycles. The summed E-state index contributed by atoms with van der Waals surface area (Å²) < 4.78 is 5.76. The molecule has 3 N–H and O–H groups in total. The molecule has 0 amide bonds. The molecule has 0 saturated heterocycles. The van der Waals surface area contributed by atoms with E-state index in [2.05, 4.69) is 0 Å². The van der Waals surface area contributed by atoms with Gasteiger partial charge in [0.15, 0.2) is 0 Å². The summed E-state index contributed by atoms with van der Waals surface area (Å²) in [5, 5.41) is 9.05. The van der Waals surface area contributed by atoms with Gasteiger partial charge in [0.2, 0.25) is 0 Å². The van der Waals surface area contributed by atoms with Crippen LogP contribution >= 0.6 is 0 Å². The van der Waals surface area contributed by atoms with Crippen molar-refractivity contribution in [3.63, 3.8) is 0 Å². The lowest BCUT2D eigenvalue weighted by atomic mass is 9.96. The summed E-state index contributed by atoms with van der Waals surface area (Å²) in [4.78, 5) is 11.0. The van der Waals surface area contributed by atoms with E-state index in [9.17, 15) is 4.79 Å². The van der Waals surface area contributed by atoms with Crippen LogP contribution in [0.3, 0.4) is 0 Å². The van der Waals surface area contributed by atoms with Crippen molar-refractivity contribution in [3.8, 4) is 5.75 Å². The molecule has 0 aromatic heterocycles. The van der Waals surface area contributed by atoms with Crippen molar-refractivity contribution >= 4 is 5.97 Å². The fourth-order valence-corrected chi connectivity index (χ4v) is 2.37. The largest absolute Gasteiger partial charge is 0.489 e. The Hall–Kier alpha value is -2.33. The van der Waals surface area contributed by atoms with Gasteiger partial charge >= 0.3 is 5.97 Å². The molecule has 1 atom stereocenters. The highest BCUT2D eigenvalue weighted by Gasteiger charge is 2.19. The molecule has 4 heteroatoms. The molecule has 2 rings (SSSR count). The number of carbonyl (C=O) groups is 1. The van der Waals surface area contributed by atoms with Gasteiger partial charge in [-0.25, -0.2) is 0 Å². The molecule has 0 unspecified atom stereocenters. The second kappa shape index (κ2) is 6.41. The van der Waals surface area contributed by atoms with Gasteiger partial charge in [0.1, 0.15) is 18.4 Å². The number of ether oxygens (including phenoxy) is 1. The number of carboxylic acids is 1. The Balaban J connectivity index is 2.18. The highest BCUT2D eigenvalue weighted by atomic mass is 16.5. The van der Waals surface area contributed by atoms with Gasteiger partial charge in [-0.3, -0.25) is 4.79 Å². The van der Waals surface area contributed by atoms with Crippen LogP contribution in [0.4, 0.5) is 0 Å². The van der Waals surface area contributed by atoms with Crippen LogP contribution < -0.4 is 10.5 Å². The summed E-state index contributed by atoms with van der Waals surface area (Å²) in [5.41, 5.74) is 9.10. The molecule has 0 spiro atoms. The Morgan fingerprint density at radius 3 is 2.29 bits per heavy atom. The third kappa shape index (κ3) is 3.61. The first-order valence-electron chi connectivity index (χ1n) is 6.75. The van der Waals surface area contributed by atoms with Crippen LogP contribution in [0.2, 0.25) is 0 Å². The number of hydrogen-bond donors (Lipinski definition) is 2. The summed E-state index contributed by atoms with van der Waals surface area (Å²) in [6.45, 7) is 4.17. The Bertz CT molecular complexity index is 615. The normalized spacial score (nSPS) is 12.0. The van der Waals surface area contributed by atoms with Crippen molar-refractivity contribution in [1.82, 2.24) is 0 Å². The van der Waals surface area contributed by atoms with Gasteiger partial charge in [-0.2, -0.15) is 0 Å². The molecule has 110 valence electrons. The molecular weight excluding hydrogens is 266 g/mol. The topological polar surface area (TPSA) is 72.5 Å². The molecule has 21 heavy (non-hydrogen) atoms. The van der Waals surface area contributed by atoms with Crippen LogP contribution in [-0.4, -0.2) is 11.1 Å². The maximum absolute atomic E-state index is 11.0. The van der Waals surface area contributed by atoms with Crippen molar-refractivity contribution in [2.45, 2.75) is 26.5 Å². The first kappa shape index (κ1) is 15.1. The number of aliphatic carboxylic acids is 1. The average molecular weight is 285 g/mol. The van der Waals surface area contributed by atoms with Gasteiger partial charge in [-0.05, 0) is 48.2 Å². The van der Waals surface area contributed by atoms with Gasteiger partial charge in [0.05, 0.1) is 0 Å². The highest BCUT2D eigenvalue weighted by molar-refractivity contribution is 5.76. The van der Waals surface area contributed by atoms with E-state index in [1.807, 2.05) is 56.3 Å². The monoisotopic (exact) mass is 285 g/mol. The van der Waals surface area contributed by atoms with Crippen LogP contribution in [0.15, 0.2) is 42.5 Å². The minimum atomic E-state index is -1.03. The summed E-state index contributed by atoms with van der Waals surface area (Å²) >= 11 is 0. The number of benzene rings is 2.